The Balaban J connectivity index is 1.63. The van der Waals surface area contributed by atoms with Gasteiger partial charge in [0.05, 0.1) is 13.0 Å². The van der Waals surface area contributed by atoms with Gasteiger partial charge in [0, 0.05) is 30.5 Å². The third-order valence-corrected chi connectivity index (χ3v) is 4.71. The second-order valence-corrected chi connectivity index (χ2v) is 7.70. The molecule has 0 radical (unpaired) electrons. The smallest absolute Gasteiger partial charge is 0.306 e. The number of carbonyl (C=O) groups excluding carboxylic acids is 4. The highest BCUT2D eigenvalue weighted by molar-refractivity contribution is 7.80. The monoisotopic (exact) mass is 484 g/mol. The third-order valence-electron chi connectivity index (χ3n) is 4.50. The minimum Gasteiger partial charge on any atom is -0.465 e. The minimum atomic E-state index is -0.487. The fraction of sp³-hybridized carbons (Fsp3) is 0.292. The molecule has 0 spiro atoms. The number of hydrazine groups is 1. The number of hydrogen-bond donors (Lipinski definition) is 4. The number of ether oxygens (including phenoxy) is 1. The van der Waals surface area contributed by atoms with Crippen LogP contribution in [0.5, 0.6) is 0 Å². The topological polar surface area (TPSA) is 126 Å². The number of benzene rings is 2. The summed E-state index contributed by atoms with van der Waals surface area (Å²) in [5, 5.41) is 5.00. The highest BCUT2D eigenvalue weighted by Gasteiger charge is 2.11. The Bertz CT molecular complexity index is 996. The first-order chi connectivity index (χ1) is 16.4. The summed E-state index contributed by atoms with van der Waals surface area (Å²) in [6.07, 6.45) is 1.57. The molecular weight excluding hydrogens is 456 g/mol. The lowest BCUT2D eigenvalue weighted by molar-refractivity contribution is -0.144. The first kappa shape index (κ1) is 26.5. The molecule has 0 saturated heterocycles. The number of esters is 1. The highest BCUT2D eigenvalue weighted by Crippen LogP contribution is 2.10. The van der Waals surface area contributed by atoms with Crippen molar-refractivity contribution in [1.29, 1.82) is 0 Å². The van der Waals surface area contributed by atoms with E-state index in [1.807, 2.05) is 37.3 Å². The average Bonchev–Trinajstić information content (AvgIpc) is 2.82. The largest absolute Gasteiger partial charge is 0.465 e. The fourth-order valence-electron chi connectivity index (χ4n) is 2.78. The van der Waals surface area contributed by atoms with Gasteiger partial charge in [0.25, 0.3) is 5.91 Å². The van der Waals surface area contributed by atoms with E-state index in [9.17, 15) is 19.2 Å². The Morgan fingerprint density at radius 3 is 2.24 bits per heavy atom. The maximum Gasteiger partial charge on any atom is 0.306 e. The van der Waals surface area contributed by atoms with Crippen molar-refractivity contribution >= 4 is 46.7 Å². The van der Waals surface area contributed by atoms with Crippen molar-refractivity contribution in [1.82, 2.24) is 16.2 Å². The molecule has 0 atom stereocenters. The minimum absolute atomic E-state index is 0.0866. The summed E-state index contributed by atoms with van der Waals surface area (Å²) < 4.78 is 5.12. The first-order valence-electron chi connectivity index (χ1n) is 10.9. The van der Waals surface area contributed by atoms with Gasteiger partial charge in [0.2, 0.25) is 11.8 Å². The lowest BCUT2D eigenvalue weighted by Gasteiger charge is -2.11. The van der Waals surface area contributed by atoms with E-state index in [4.69, 9.17) is 17.0 Å². The summed E-state index contributed by atoms with van der Waals surface area (Å²) in [6, 6.07) is 15.9. The second kappa shape index (κ2) is 14.4. The van der Waals surface area contributed by atoms with Gasteiger partial charge < -0.3 is 15.4 Å². The third kappa shape index (κ3) is 10.2. The van der Waals surface area contributed by atoms with E-state index in [2.05, 4.69) is 21.5 Å². The van der Waals surface area contributed by atoms with Crippen LogP contribution in [0, 0.1) is 0 Å². The summed E-state index contributed by atoms with van der Waals surface area (Å²) in [5.74, 6) is -1.54. The van der Waals surface area contributed by atoms with Crippen LogP contribution in [0.15, 0.2) is 54.6 Å². The fourth-order valence-corrected chi connectivity index (χ4v) is 2.94. The molecule has 10 heteroatoms. The number of anilines is 1. The Hall–Kier alpha value is -3.79. The molecule has 0 aromatic heterocycles. The van der Waals surface area contributed by atoms with Crippen molar-refractivity contribution in [3.05, 3.63) is 65.7 Å². The molecule has 0 fully saturated rings. The van der Waals surface area contributed by atoms with E-state index in [1.54, 1.807) is 24.3 Å². The molecular formula is C24H28N4O5S. The summed E-state index contributed by atoms with van der Waals surface area (Å²) in [5.41, 5.74) is 6.77. The number of carbonyl (C=O) groups is 4. The predicted molar refractivity (Wildman–Crippen MR) is 132 cm³/mol. The van der Waals surface area contributed by atoms with E-state index in [0.717, 1.165) is 12.0 Å². The lowest BCUT2D eigenvalue weighted by Crippen LogP contribution is -2.48. The van der Waals surface area contributed by atoms with Crippen LogP contribution in [0.3, 0.4) is 0 Å². The van der Waals surface area contributed by atoms with E-state index in [0.29, 0.717) is 24.1 Å². The van der Waals surface area contributed by atoms with Crippen molar-refractivity contribution in [3.8, 4) is 0 Å². The van der Waals surface area contributed by atoms with Crippen molar-refractivity contribution < 1.29 is 23.9 Å². The number of hydrogen-bond acceptors (Lipinski definition) is 6. The first-order valence-corrected chi connectivity index (χ1v) is 11.3. The van der Waals surface area contributed by atoms with Crippen LogP contribution in [0.4, 0.5) is 5.69 Å². The van der Waals surface area contributed by atoms with Crippen LogP contribution >= 0.6 is 12.2 Å². The molecule has 4 N–H and O–H groups in total. The molecule has 2 rings (SSSR count). The molecule has 0 bridgehead atoms. The molecule has 2 aromatic rings. The van der Waals surface area contributed by atoms with Gasteiger partial charge in [-0.15, -0.1) is 0 Å². The molecule has 180 valence electrons. The quantitative estimate of drug-likeness (QED) is 0.232. The van der Waals surface area contributed by atoms with E-state index in [1.165, 1.54) is 0 Å². The van der Waals surface area contributed by atoms with Gasteiger partial charge in [-0.2, -0.15) is 0 Å². The molecule has 0 saturated carbocycles. The van der Waals surface area contributed by atoms with Crippen molar-refractivity contribution in [3.63, 3.8) is 0 Å². The van der Waals surface area contributed by atoms with Crippen LogP contribution in [0.25, 0.3) is 0 Å². The molecule has 0 aliphatic rings. The van der Waals surface area contributed by atoms with Gasteiger partial charge in [-0.1, -0.05) is 37.3 Å². The van der Waals surface area contributed by atoms with Crippen LogP contribution in [-0.4, -0.2) is 35.4 Å². The number of thiocarbonyl (C=S) groups is 1. The van der Waals surface area contributed by atoms with Gasteiger partial charge in [0.1, 0.15) is 0 Å². The van der Waals surface area contributed by atoms with Crippen molar-refractivity contribution in [2.45, 2.75) is 39.0 Å². The zero-order valence-electron chi connectivity index (χ0n) is 18.9. The molecule has 0 aliphatic carbocycles. The van der Waals surface area contributed by atoms with Gasteiger partial charge >= 0.3 is 5.97 Å². The van der Waals surface area contributed by atoms with Gasteiger partial charge in [0.15, 0.2) is 5.11 Å². The summed E-state index contributed by atoms with van der Waals surface area (Å²) >= 11 is 4.97. The SMILES string of the molecule is CCCC(=O)Nc1ccc(C(=O)NNC(=S)NC(=O)CCC(=O)OCCc2ccccc2)cc1. The van der Waals surface area contributed by atoms with Crippen molar-refractivity contribution in [2.75, 3.05) is 11.9 Å². The van der Waals surface area contributed by atoms with Crippen molar-refractivity contribution in [2.24, 2.45) is 0 Å². The molecule has 0 heterocycles. The second-order valence-electron chi connectivity index (χ2n) is 7.29. The average molecular weight is 485 g/mol. The normalized spacial score (nSPS) is 10.0. The zero-order valence-corrected chi connectivity index (χ0v) is 19.7. The number of amides is 3. The van der Waals surface area contributed by atoms with Crippen LogP contribution in [0.2, 0.25) is 0 Å². The van der Waals surface area contributed by atoms with Gasteiger partial charge in [-0.05, 0) is 48.5 Å². The number of nitrogens with one attached hydrogen (secondary N) is 4. The Morgan fingerprint density at radius 1 is 0.853 bits per heavy atom. The number of rotatable bonds is 10. The maximum atomic E-state index is 12.2. The maximum absolute atomic E-state index is 12.2. The van der Waals surface area contributed by atoms with Crippen LogP contribution in [-0.2, 0) is 25.5 Å². The molecule has 9 nitrogen and oxygen atoms in total. The molecule has 34 heavy (non-hydrogen) atoms. The van der Waals surface area contributed by atoms with Crippen LogP contribution < -0.4 is 21.5 Å². The Labute approximate surface area is 203 Å². The zero-order chi connectivity index (χ0) is 24.8. The highest BCUT2D eigenvalue weighted by atomic mass is 32.1. The molecule has 0 unspecified atom stereocenters. The molecule has 3 amide bonds. The van der Waals surface area contributed by atoms with Gasteiger partial charge in [-0.25, -0.2) is 0 Å². The predicted octanol–water partition coefficient (Wildman–Crippen LogP) is 2.63. The molecule has 0 aliphatic heterocycles. The summed E-state index contributed by atoms with van der Waals surface area (Å²) in [6.45, 7) is 2.15. The summed E-state index contributed by atoms with van der Waals surface area (Å²) in [4.78, 5) is 47.5. The molecule has 2 aromatic carbocycles. The standard InChI is InChI=1S/C24H28N4O5S/c1-2-6-20(29)25-19-11-9-18(10-12-19)23(32)27-28-24(34)26-21(30)13-14-22(31)33-16-15-17-7-4-3-5-8-17/h3-5,7-12H,2,6,13-16H2,1H3,(H,25,29)(H,27,32)(H2,26,28,30,34). The summed E-state index contributed by atoms with van der Waals surface area (Å²) in [7, 11) is 0. The van der Waals surface area contributed by atoms with Gasteiger partial charge in [-0.3, -0.25) is 30.0 Å². The Kier molecular flexibility index (Phi) is 11.2. The van der Waals surface area contributed by atoms with E-state index in [-0.39, 0.29) is 30.5 Å². The van der Waals surface area contributed by atoms with E-state index >= 15 is 0 Å². The van der Waals surface area contributed by atoms with E-state index < -0.39 is 17.8 Å². The van der Waals surface area contributed by atoms with Crippen LogP contribution in [0.1, 0.15) is 48.5 Å². The lowest BCUT2D eigenvalue weighted by atomic mass is 10.2. The Morgan fingerprint density at radius 2 is 1.56 bits per heavy atom.